The standard InChI is InChI=1S/C60H42N2O/c1-62-56(39-55(61-59(62)41-20-6-3-7-21-41)50-29-9-8-26-47(50)40-18-4-2-5-19-40)46-25-17-24-44(37-46)42-22-16-23-43(36-42)45-34-35-58-54(38-45)60(53-32-14-15-33-57(53)63-58)51-30-12-10-27-48(51)49-28-11-13-31-52(49)60/h2-39,59H,1H3. The number of hydrogen-bond donors (Lipinski definition) is 0. The highest BCUT2D eigenvalue weighted by Crippen LogP contribution is 2.62. The van der Waals surface area contributed by atoms with Gasteiger partial charge in [-0.3, -0.25) is 4.99 Å². The first-order chi connectivity index (χ1) is 31.1. The van der Waals surface area contributed by atoms with Crippen LogP contribution in [0.5, 0.6) is 11.5 Å². The first-order valence-corrected chi connectivity index (χ1v) is 21.7. The maximum atomic E-state index is 6.74. The van der Waals surface area contributed by atoms with E-state index in [1.807, 2.05) is 0 Å². The zero-order valence-corrected chi connectivity index (χ0v) is 34.8. The molecule has 298 valence electrons. The molecule has 12 rings (SSSR count). The van der Waals surface area contributed by atoms with Gasteiger partial charge in [-0.05, 0) is 103 Å². The maximum Gasteiger partial charge on any atom is 0.147 e. The third kappa shape index (κ3) is 5.92. The van der Waals surface area contributed by atoms with Crippen molar-refractivity contribution in [3.8, 4) is 56.0 Å². The summed E-state index contributed by atoms with van der Waals surface area (Å²) < 4.78 is 6.74. The number of benzene rings is 9. The number of rotatable bonds is 6. The van der Waals surface area contributed by atoms with E-state index in [1.165, 1.54) is 38.9 Å². The Morgan fingerprint density at radius 1 is 0.397 bits per heavy atom. The highest BCUT2D eigenvalue weighted by Gasteiger charge is 2.51. The Morgan fingerprint density at radius 2 is 0.889 bits per heavy atom. The number of hydrogen-bond acceptors (Lipinski definition) is 3. The Hall–Kier alpha value is -8.01. The molecule has 1 atom stereocenters. The lowest BCUT2D eigenvalue weighted by molar-refractivity contribution is 0.364. The van der Waals surface area contributed by atoms with Crippen molar-refractivity contribution in [2.75, 3.05) is 7.05 Å². The van der Waals surface area contributed by atoms with E-state index in [9.17, 15) is 0 Å². The summed E-state index contributed by atoms with van der Waals surface area (Å²) in [7, 11) is 2.16. The fourth-order valence-corrected chi connectivity index (χ4v) is 10.3. The van der Waals surface area contributed by atoms with E-state index in [2.05, 4.69) is 242 Å². The van der Waals surface area contributed by atoms with Gasteiger partial charge in [-0.2, -0.15) is 0 Å². The van der Waals surface area contributed by atoms with Crippen LogP contribution in [0.15, 0.2) is 236 Å². The van der Waals surface area contributed by atoms with Crippen LogP contribution in [0, 0.1) is 0 Å². The van der Waals surface area contributed by atoms with Crippen molar-refractivity contribution in [2.45, 2.75) is 11.6 Å². The Labute approximate surface area is 368 Å². The molecule has 1 unspecified atom stereocenters. The normalized spacial score (nSPS) is 15.3. The molecule has 0 bridgehead atoms. The third-order valence-electron chi connectivity index (χ3n) is 13.2. The molecule has 1 spiro atoms. The first-order valence-electron chi connectivity index (χ1n) is 21.7. The summed E-state index contributed by atoms with van der Waals surface area (Å²) in [4.78, 5) is 7.75. The summed E-state index contributed by atoms with van der Waals surface area (Å²) in [5, 5.41) is 0. The Bertz CT molecular complexity index is 3240. The van der Waals surface area contributed by atoms with Crippen molar-refractivity contribution in [2.24, 2.45) is 4.99 Å². The third-order valence-corrected chi connectivity index (χ3v) is 13.2. The predicted molar refractivity (Wildman–Crippen MR) is 258 cm³/mol. The van der Waals surface area contributed by atoms with Gasteiger partial charge in [0, 0.05) is 29.4 Å². The summed E-state index contributed by atoms with van der Waals surface area (Å²) in [5.41, 5.74) is 19.4. The Morgan fingerprint density at radius 3 is 1.57 bits per heavy atom. The van der Waals surface area contributed by atoms with Gasteiger partial charge in [0.1, 0.15) is 17.7 Å². The number of para-hydroxylation sites is 1. The van der Waals surface area contributed by atoms with E-state index in [0.29, 0.717) is 0 Å². The van der Waals surface area contributed by atoms with E-state index < -0.39 is 5.41 Å². The number of allylic oxidation sites excluding steroid dienone is 1. The largest absolute Gasteiger partial charge is 0.457 e. The second kappa shape index (κ2) is 14.9. The molecule has 3 aliphatic rings. The van der Waals surface area contributed by atoms with Gasteiger partial charge in [0.2, 0.25) is 0 Å². The fourth-order valence-electron chi connectivity index (χ4n) is 10.3. The number of nitrogens with zero attached hydrogens (tertiary/aromatic N) is 2. The molecule has 1 aliphatic carbocycles. The molecule has 0 radical (unpaired) electrons. The molecule has 3 heteroatoms. The monoisotopic (exact) mass is 806 g/mol. The Kier molecular flexibility index (Phi) is 8.68. The van der Waals surface area contributed by atoms with Crippen LogP contribution in [0.4, 0.5) is 0 Å². The molecule has 9 aromatic carbocycles. The lowest BCUT2D eigenvalue weighted by Crippen LogP contribution is -2.32. The zero-order valence-electron chi connectivity index (χ0n) is 34.8. The lowest BCUT2D eigenvalue weighted by atomic mass is 9.66. The van der Waals surface area contributed by atoms with Gasteiger partial charge in [-0.1, -0.05) is 194 Å². The van der Waals surface area contributed by atoms with Crippen LogP contribution in [0.1, 0.15) is 45.1 Å². The maximum absolute atomic E-state index is 6.74. The van der Waals surface area contributed by atoms with Crippen LogP contribution in [-0.2, 0) is 5.41 Å². The van der Waals surface area contributed by atoms with E-state index in [-0.39, 0.29) is 6.17 Å². The minimum absolute atomic E-state index is 0.195. The SMILES string of the molecule is CN1C(c2cccc(-c3cccc(-c4ccc5c(c4)C4(c6ccccc6O5)c5ccccc5-c5ccccc54)c3)c2)=CC(c2ccccc2-c2ccccc2)=NC1c1ccccc1. The van der Waals surface area contributed by atoms with Crippen LogP contribution >= 0.6 is 0 Å². The molecule has 2 heterocycles. The molecular formula is C60H42N2O. The molecular weight excluding hydrogens is 765 g/mol. The fraction of sp³-hybridized carbons (Fsp3) is 0.0500. The highest BCUT2D eigenvalue weighted by atomic mass is 16.5. The lowest BCUT2D eigenvalue weighted by Gasteiger charge is -2.39. The van der Waals surface area contributed by atoms with E-state index in [0.717, 1.165) is 67.4 Å². The van der Waals surface area contributed by atoms with Crippen molar-refractivity contribution in [3.05, 3.63) is 269 Å². The summed E-state index contributed by atoms with van der Waals surface area (Å²) in [6.45, 7) is 0. The summed E-state index contributed by atoms with van der Waals surface area (Å²) >= 11 is 0. The van der Waals surface area contributed by atoms with Gasteiger partial charge in [-0.25, -0.2) is 0 Å². The topological polar surface area (TPSA) is 24.8 Å². The number of ether oxygens (including phenoxy) is 1. The molecule has 0 N–H and O–H groups in total. The second-order valence-electron chi connectivity index (χ2n) is 16.7. The molecule has 9 aromatic rings. The quantitative estimate of drug-likeness (QED) is 0.167. The van der Waals surface area contributed by atoms with Gasteiger partial charge in [-0.15, -0.1) is 0 Å². The summed E-state index contributed by atoms with van der Waals surface area (Å²) in [6.07, 6.45) is 2.07. The predicted octanol–water partition coefficient (Wildman–Crippen LogP) is 14.6. The summed E-state index contributed by atoms with van der Waals surface area (Å²) in [6, 6.07) is 80.9. The van der Waals surface area contributed by atoms with Crippen molar-refractivity contribution < 1.29 is 4.74 Å². The molecule has 0 amide bonds. The molecule has 0 saturated carbocycles. The van der Waals surface area contributed by atoms with Gasteiger partial charge < -0.3 is 9.64 Å². The average Bonchev–Trinajstić information content (AvgIpc) is 3.65. The van der Waals surface area contributed by atoms with Gasteiger partial charge in [0.15, 0.2) is 0 Å². The smallest absolute Gasteiger partial charge is 0.147 e. The van der Waals surface area contributed by atoms with Crippen molar-refractivity contribution in [3.63, 3.8) is 0 Å². The van der Waals surface area contributed by atoms with E-state index >= 15 is 0 Å². The summed E-state index contributed by atoms with van der Waals surface area (Å²) in [5.74, 6) is 1.79. The van der Waals surface area contributed by atoms with Crippen LogP contribution in [0.2, 0.25) is 0 Å². The van der Waals surface area contributed by atoms with E-state index in [1.54, 1.807) is 0 Å². The van der Waals surface area contributed by atoms with Crippen LogP contribution in [0.3, 0.4) is 0 Å². The average molecular weight is 807 g/mol. The number of aliphatic imine (C=N–C) groups is 1. The van der Waals surface area contributed by atoms with Crippen LogP contribution in [0.25, 0.3) is 50.2 Å². The van der Waals surface area contributed by atoms with E-state index in [4.69, 9.17) is 9.73 Å². The van der Waals surface area contributed by atoms with Gasteiger partial charge >= 0.3 is 0 Å². The van der Waals surface area contributed by atoms with Crippen LogP contribution in [-0.4, -0.2) is 17.7 Å². The molecule has 0 aromatic heterocycles. The van der Waals surface area contributed by atoms with Gasteiger partial charge in [0.25, 0.3) is 0 Å². The molecule has 3 nitrogen and oxygen atoms in total. The van der Waals surface area contributed by atoms with Crippen molar-refractivity contribution >= 4 is 11.4 Å². The molecule has 63 heavy (non-hydrogen) atoms. The molecule has 0 saturated heterocycles. The number of fused-ring (bicyclic) bond motifs is 9. The molecule has 2 aliphatic heterocycles. The molecule has 0 fully saturated rings. The minimum atomic E-state index is -0.513. The second-order valence-corrected chi connectivity index (χ2v) is 16.7. The van der Waals surface area contributed by atoms with Crippen LogP contribution < -0.4 is 4.74 Å². The zero-order chi connectivity index (χ0) is 41.9. The highest BCUT2D eigenvalue weighted by molar-refractivity contribution is 6.16. The minimum Gasteiger partial charge on any atom is -0.457 e. The van der Waals surface area contributed by atoms with Gasteiger partial charge in [0.05, 0.1) is 11.1 Å². The van der Waals surface area contributed by atoms with Crippen molar-refractivity contribution in [1.29, 1.82) is 0 Å². The Balaban J connectivity index is 0.957. The van der Waals surface area contributed by atoms with Crippen molar-refractivity contribution in [1.82, 2.24) is 4.90 Å². The first kappa shape index (κ1) is 36.8.